The molecule has 1 N–H and O–H groups in total. The van der Waals surface area contributed by atoms with Crippen molar-refractivity contribution in [2.24, 2.45) is 0 Å². The quantitative estimate of drug-likeness (QED) is 0.778. The number of furan rings is 1. The lowest BCUT2D eigenvalue weighted by Gasteiger charge is -2.31. The summed E-state index contributed by atoms with van der Waals surface area (Å²) in [4.78, 5) is 31.3. The predicted octanol–water partition coefficient (Wildman–Crippen LogP) is 1.35. The van der Waals surface area contributed by atoms with Crippen molar-refractivity contribution >= 4 is 28.0 Å². The molecule has 1 aliphatic rings. The van der Waals surface area contributed by atoms with Gasteiger partial charge in [0.2, 0.25) is 11.5 Å². The Morgan fingerprint density at radius 2 is 2.08 bits per heavy atom. The first kappa shape index (κ1) is 15.8. The van der Waals surface area contributed by atoms with E-state index in [2.05, 4.69) is 10.3 Å². The summed E-state index contributed by atoms with van der Waals surface area (Å²) in [6.45, 7) is 1.40. The zero-order valence-corrected chi connectivity index (χ0v) is 14.1. The van der Waals surface area contributed by atoms with Gasteiger partial charge >= 0.3 is 0 Å². The molecule has 0 bridgehead atoms. The molecule has 3 aromatic rings. The van der Waals surface area contributed by atoms with Gasteiger partial charge in [0.25, 0.3) is 5.56 Å². The number of rotatable bonds is 3. The van der Waals surface area contributed by atoms with Crippen LogP contribution in [0, 0.1) is 0 Å². The van der Waals surface area contributed by atoms with Crippen LogP contribution in [-0.4, -0.2) is 46.5 Å². The number of carbonyl (C=O) groups is 1. The molecule has 0 atom stereocenters. The highest BCUT2D eigenvalue weighted by Crippen LogP contribution is 2.24. The Balaban J connectivity index is 1.59. The molecule has 4 rings (SSSR count). The summed E-state index contributed by atoms with van der Waals surface area (Å²) in [7, 11) is 1.94. The van der Waals surface area contributed by atoms with Gasteiger partial charge in [-0.15, -0.1) is 0 Å². The van der Waals surface area contributed by atoms with Gasteiger partial charge in [-0.3, -0.25) is 14.2 Å². The highest BCUT2D eigenvalue weighted by molar-refractivity contribution is 6.01. The maximum absolute atomic E-state index is 12.7. The van der Waals surface area contributed by atoms with E-state index in [1.807, 2.05) is 30.1 Å². The zero-order chi connectivity index (χ0) is 17.4. The first-order valence-corrected chi connectivity index (χ1v) is 8.49. The molecule has 2 aromatic heterocycles. The fraction of sp³-hybridized carbons (Fsp3) is 0.389. The SMILES string of the molecule is CNC1CCN(C(=O)Cn2cnc3c(oc4ccccc43)c2=O)CC1. The first-order chi connectivity index (χ1) is 12.2. The number of carbonyl (C=O) groups excluding carboxylic acids is 1. The number of nitrogens with zero attached hydrogens (tertiary/aromatic N) is 3. The van der Waals surface area contributed by atoms with Crippen LogP contribution in [0.1, 0.15) is 12.8 Å². The van der Waals surface area contributed by atoms with Crippen LogP contribution in [-0.2, 0) is 11.3 Å². The van der Waals surface area contributed by atoms with Gasteiger partial charge in [-0.25, -0.2) is 4.98 Å². The number of hydrogen-bond donors (Lipinski definition) is 1. The zero-order valence-electron chi connectivity index (χ0n) is 14.1. The number of fused-ring (bicyclic) bond motifs is 3. The Morgan fingerprint density at radius 1 is 1.32 bits per heavy atom. The molecule has 7 heteroatoms. The number of aromatic nitrogens is 2. The van der Waals surface area contributed by atoms with Crippen molar-refractivity contribution in [3.8, 4) is 0 Å². The minimum absolute atomic E-state index is 0.0109. The fourth-order valence-corrected chi connectivity index (χ4v) is 3.39. The van der Waals surface area contributed by atoms with Crippen LogP contribution in [0.5, 0.6) is 0 Å². The van der Waals surface area contributed by atoms with E-state index >= 15 is 0 Å². The highest BCUT2D eigenvalue weighted by atomic mass is 16.3. The van der Waals surface area contributed by atoms with E-state index < -0.39 is 0 Å². The molecule has 1 saturated heterocycles. The van der Waals surface area contributed by atoms with E-state index in [4.69, 9.17) is 4.42 Å². The third-order valence-electron chi connectivity index (χ3n) is 4.91. The van der Waals surface area contributed by atoms with E-state index in [9.17, 15) is 9.59 Å². The Hall–Kier alpha value is -2.67. The molecule has 1 amide bonds. The number of piperidine rings is 1. The molecule has 0 unspecified atom stereocenters. The second kappa shape index (κ2) is 6.33. The van der Waals surface area contributed by atoms with Crippen LogP contribution in [0.15, 0.2) is 39.8 Å². The number of para-hydroxylation sites is 1. The lowest BCUT2D eigenvalue weighted by molar-refractivity contribution is -0.133. The molecule has 0 spiro atoms. The van der Waals surface area contributed by atoms with E-state index in [0.717, 1.165) is 18.2 Å². The van der Waals surface area contributed by atoms with E-state index in [1.54, 1.807) is 6.07 Å². The van der Waals surface area contributed by atoms with Crippen molar-refractivity contribution in [1.29, 1.82) is 0 Å². The van der Waals surface area contributed by atoms with Crippen molar-refractivity contribution in [2.75, 3.05) is 20.1 Å². The number of hydrogen-bond acceptors (Lipinski definition) is 5. The van der Waals surface area contributed by atoms with Crippen LogP contribution in [0.25, 0.3) is 22.1 Å². The molecule has 0 radical (unpaired) electrons. The summed E-state index contributed by atoms with van der Waals surface area (Å²) in [5.41, 5.74) is 1.05. The summed E-state index contributed by atoms with van der Waals surface area (Å²) in [5, 5.41) is 4.05. The van der Waals surface area contributed by atoms with Gasteiger partial charge in [-0.2, -0.15) is 0 Å². The number of nitrogens with one attached hydrogen (secondary N) is 1. The molecule has 0 aliphatic carbocycles. The highest BCUT2D eigenvalue weighted by Gasteiger charge is 2.22. The predicted molar refractivity (Wildman–Crippen MR) is 94.4 cm³/mol. The molecule has 130 valence electrons. The summed E-state index contributed by atoms with van der Waals surface area (Å²) < 4.78 is 6.98. The number of amides is 1. The molecular formula is C18H20N4O3. The first-order valence-electron chi connectivity index (χ1n) is 8.49. The molecule has 3 heterocycles. The minimum atomic E-state index is -0.320. The van der Waals surface area contributed by atoms with Crippen LogP contribution >= 0.6 is 0 Å². The normalized spacial score (nSPS) is 16.0. The second-order valence-electron chi connectivity index (χ2n) is 6.40. The third-order valence-corrected chi connectivity index (χ3v) is 4.91. The Labute approximate surface area is 144 Å². The van der Waals surface area contributed by atoms with E-state index in [0.29, 0.717) is 30.2 Å². The van der Waals surface area contributed by atoms with Crippen molar-refractivity contribution in [1.82, 2.24) is 19.8 Å². The molecule has 1 aliphatic heterocycles. The van der Waals surface area contributed by atoms with E-state index in [-0.39, 0.29) is 23.6 Å². The summed E-state index contributed by atoms with van der Waals surface area (Å²) in [6, 6.07) is 7.86. The van der Waals surface area contributed by atoms with Crippen LogP contribution in [0.2, 0.25) is 0 Å². The average molecular weight is 340 g/mol. The summed E-state index contributed by atoms with van der Waals surface area (Å²) >= 11 is 0. The van der Waals surface area contributed by atoms with Crippen molar-refractivity contribution in [3.05, 3.63) is 40.9 Å². The van der Waals surface area contributed by atoms with Gasteiger partial charge in [0, 0.05) is 24.5 Å². The van der Waals surface area contributed by atoms with Gasteiger partial charge in [-0.1, -0.05) is 12.1 Å². The van der Waals surface area contributed by atoms with Crippen LogP contribution < -0.4 is 10.9 Å². The van der Waals surface area contributed by atoms with Crippen molar-refractivity contribution < 1.29 is 9.21 Å². The molecule has 0 saturated carbocycles. The summed E-state index contributed by atoms with van der Waals surface area (Å²) in [5.74, 6) is -0.0612. The average Bonchev–Trinajstić information content (AvgIpc) is 3.03. The molecule has 25 heavy (non-hydrogen) atoms. The monoisotopic (exact) mass is 340 g/mol. The van der Waals surface area contributed by atoms with E-state index in [1.165, 1.54) is 10.9 Å². The van der Waals surface area contributed by atoms with Gasteiger partial charge < -0.3 is 14.6 Å². The van der Waals surface area contributed by atoms with Gasteiger partial charge in [0.05, 0.1) is 6.33 Å². The molecule has 1 fully saturated rings. The van der Waals surface area contributed by atoms with Gasteiger partial charge in [0.1, 0.15) is 17.6 Å². The lowest BCUT2D eigenvalue weighted by atomic mass is 10.1. The molecule has 1 aromatic carbocycles. The van der Waals surface area contributed by atoms with Crippen molar-refractivity contribution in [3.63, 3.8) is 0 Å². The fourth-order valence-electron chi connectivity index (χ4n) is 3.39. The Kier molecular flexibility index (Phi) is 4.01. The largest absolute Gasteiger partial charge is 0.448 e. The minimum Gasteiger partial charge on any atom is -0.448 e. The maximum Gasteiger partial charge on any atom is 0.297 e. The van der Waals surface area contributed by atoms with Crippen molar-refractivity contribution in [2.45, 2.75) is 25.4 Å². The Morgan fingerprint density at radius 3 is 2.84 bits per heavy atom. The van der Waals surface area contributed by atoms with Gasteiger partial charge in [-0.05, 0) is 32.0 Å². The standard InChI is InChI=1S/C18H20N4O3/c1-19-12-6-8-21(9-7-12)15(23)10-22-11-20-16-13-4-2-3-5-14(13)25-17(16)18(22)24/h2-5,11-12,19H,6-10H2,1H3. The maximum atomic E-state index is 12.7. The smallest absolute Gasteiger partial charge is 0.297 e. The van der Waals surface area contributed by atoms with Crippen LogP contribution in [0.4, 0.5) is 0 Å². The number of likely N-dealkylation sites (tertiary alicyclic amines) is 1. The third kappa shape index (κ3) is 2.80. The molecule has 7 nitrogen and oxygen atoms in total. The number of benzene rings is 1. The molecular weight excluding hydrogens is 320 g/mol. The lowest BCUT2D eigenvalue weighted by Crippen LogP contribution is -2.45. The second-order valence-corrected chi connectivity index (χ2v) is 6.40. The topological polar surface area (TPSA) is 80.4 Å². The Bertz CT molecular complexity index is 983. The van der Waals surface area contributed by atoms with Gasteiger partial charge in [0.15, 0.2) is 0 Å². The summed E-state index contributed by atoms with van der Waals surface area (Å²) in [6.07, 6.45) is 3.29. The van der Waals surface area contributed by atoms with Crippen LogP contribution in [0.3, 0.4) is 0 Å².